The number of rotatable bonds is 0. The van der Waals surface area contributed by atoms with Gasteiger partial charge in [-0.25, -0.2) is 4.39 Å². The molecule has 3 rings (SSSR count). The van der Waals surface area contributed by atoms with E-state index < -0.39 is 5.79 Å². The van der Waals surface area contributed by atoms with E-state index in [4.69, 9.17) is 9.47 Å². The lowest BCUT2D eigenvalue weighted by molar-refractivity contribution is -0.163. The average molecular weight is 208 g/mol. The quantitative estimate of drug-likeness (QED) is 0.651. The number of hydrogen-bond donors (Lipinski definition) is 0. The van der Waals surface area contributed by atoms with E-state index in [1.54, 1.807) is 6.07 Å². The summed E-state index contributed by atoms with van der Waals surface area (Å²) >= 11 is 0. The maximum absolute atomic E-state index is 13.6. The molecule has 0 aromatic heterocycles. The fourth-order valence-corrected chi connectivity index (χ4v) is 2.67. The molecule has 0 atom stereocenters. The highest BCUT2D eigenvalue weighted by molar-refractivity contribution is 5.43. The largest absolute Gasteiger partial charge is 0.343 e. The predicted molar refractivity (Wildman–Crippen MR) is 53.0 cm³/mol. The van der Waals surface area contributed by atoms with Crippen molar-refractivity contribution in [2.24, 2.45) is 0 Å². The smallest absolute Gasteiger partial charge is 0.195 e. The van der Waals surface area contributed by atoms with Gasteiger partial charge < -0.3 is 9.47 Å². The lowest BCUT2D eigenvalue weighted by Crippen LogP contribution is -2.24. The molecule has 1 spiro atoms. The molecule has 1 aliphatic carbocycles. The number of ether oxygens (including phenoxy) is 2. The Morgan fingerprint density at radius 3 is 2.73 bits per heavy atom. The molecule has 2 nitrogen and oxygen atoms in total. The summed E-state index contributed by atoms with van der Waals surface area (Å²) in [5.41, 5.74) is 2.77. The molecule has 0 bridgehead atoms. The van der Waals surface area contributed by atoms with Crippen LogP contribution < -0.4 is 0 Å². The molecule has 1 heterocycles. The molecule has 1 aromatic carbocycles. The van der Waals surface area contributed by atoms with Crippen LogP contribution in [0.2, 0.25) is 0 Å². The second kappa shape index (κ2) is 3.03. The Balaban J connectivity index is 2.20. The van der Waals surface area contributed by atoms with Gasteiger partial charge >= 0.3 is 0 Å². The van der Waals surface area contributed by atoms with Crippen LogP contribution in [0, 0.1) is 12.7 Å². The Labute approximate surface area is 88.0 Å². The summed E-state index contributed by atoms with van der Waals surface area (Å²) in [6.07, 6.45) is 1.45. The molecule has 15 heavy (non-hydrogen) atoms. The van der Waals surface area contributed by atoms with E-state index in [9.17, 15) is 4.39 Å². The number of halogens is 1. The van der Waals surface area contributed by atoms with E-state index in [-0.39, 0.29) is 5.82 Å². The molecular formula is C12H13FO2. The molecule has 1 aromatic rings. The maximum Gasteiger partial charge on any atom is 0.195 e. The van der Waals surface area contributed by atoms with Gasteiger partial charge in [-0.15, -0.1) is 0 Å². The van der Waals surface area contributed by atoms with Crippen LogP contribution in [0.4, 0.5) is 4.39 Å². The van der Waals surface area contributed by atoms with Crippen molar-refractivity contribution in [3.05, 3.63) is 34.6 Å². The molecule has 0 N–H and O–H groups in total. The van der Waals surface area contributed by atoms with Gasteiger partial charge in [-0.1, -0.05) is 6.07 Å². The molecule has 0 saturated carbocycles. The van der Waals surface area contributed by atoms with Crippen LogP contribution in [0.3, 0.4) is 0 Å². The lowest BCUT2D eigenvalue weighted by atomic mass is 10.0. The summed E-state index contributed by atoms with van der Waals surface area (Å²) in [5, 5.41) is 0. The minimum Gasteiger partial charge on any atom is -0.343 e. The molecule has 0 amide bonds. The van der Waals surface area contributed by atoms with Gasteiger partial charge in [0.1, 0.15) is 5.82 Å². The summed E-state index contributed by atoms with van der Waals surface area (Å²) in [6, 6.07) is 3.33. The van der Waals surface area contributed by atoms with Gasteiger partial charge in [0, 0.05) is 12.0 Å². The number of fused-ring (bicyclic) bond motifs is 2. The van der Waals surface area contributed by atoms with Gasteiger partial charge in [0.25, 0.3) is 0 Å². The third-order valence-electron chi connectivity index (χ3n) is 3.30. The van der Waals surface area contributed by atoms with Crippen LogP contribution in [-0.4, -0.2) is 13.2 Å². The molecule has 3 heteroatoms. The molecule has 1 fully saturated rings. The molecule has 80 valence electrons. The molecule has 1 saturated heterocycles. The fraction of sp³-hybridized carbons (Fsp3) is 0.500. The van der Waals surface area contributed by atoms with E-state index in [0.717, 1.165) is 23.1 Å². The van der Waals surface area contributed by atoms with Gasteiger partial charge in [-0.05, 0) is 30.5 Å². The van der Waals surface area contributed by atoms with Crippen molar-refractivity contribution in [3.63, 3.8) is 0 Å². The topological polar surface area (TPSA) is 18.5 Å². The van der Waals surface area contributed by atoms with Crippen LogP contribution in [0.5, 0.6) is 0 Å². The number of benzene rings is 1. The molecule has 0 radical (unpaired) electrons. The average Bonchev–Trinajstić information content (AvgIpc) is 2.83. The predicted octanol–water partition coefficient (Wildman–Crippen LogP) is 2.28. The SMILES string of the molecule is Cc1ccc(F)c2c1C1(CC2)OCCO1. The molecular weight excluding hydrogens is 195 g/mol. The summed E-state index contributed by atoms with van der Waals surface area (Å²) in [7, 11) is 0. The van der Waals surface area contributed by atoms with Crippen molar-refractivity contribution in [2.75, 3.05) is 13.2 Å². The summed E-state index contributed by atoms with van der Waals surface area (Å²) in [4.78, 5) is 0. The van der Waals surface area contributed by atoms with Gasteiger partial charge in [0.2, 0.25) is 0 Å². The normalized spacial score (nSPS) is 22.3. The van der Waals surface area contributed by atoms with Gasteiger partial charge in [0.05, 0.1) is 13.2 Å². The monoisotopic (exact) mass is 208 g/mol. The highest BCUT2D eigenvalue weighted by Gasteiger charge is 2.46. The van der Waals surface area contributed by atoms with Crippen LogP contribution >= 0.6 is 0 Å². The zero-order valence-corrected chi connectivity index (χ0v) is 8.68. The van der Waals surface area contributed by atoms with Crippen molar-refractivity contribution in [1.82, 2.24) is 0 Å². The van der Waals surface area contributed by atoms with Crippen LogP contribution in [0.15, 0.2) is 12.1 Å². The zero-order chi connectivity index (χ0) is 10.5. The van der Waals surface area contributed by atoms with Gasteiger partial charge in [-0.3, -0.25) is 0 Å². The van der Waals surface area contributed by atoms with E-state index in [2.05, 4.69) is 0 Å². The van der Waals surface area contributed by atoms with E-state index in [1.165, 1.54) is 6.07 Å². The fourth-order valence-electron chi connectivity index (χ4n) is 2.67. The Kier molecular flexibility index (Phi) is 1.88. The van der Waals surface area contributed by atoms with Crippen molar-refractivity contribution >= 4 is 0 Å². The Hall–Kier alpha value is -0.930. The standard InChI is InChI=1S/C12H13FO2/c1-8-2-3-10(13)9-4-5-12(11(8)9)14-6-7-15-12/h2-3H,4-7H2,1H3. The van der Waals surface area contributed by atoms with E-state index >= 15 is 0 Å². The minimum atomic E-state index is -0.637. The summed E-state index contributed by atoms with van der Waals surface area (Å²) in [6.45, 7) is 3.20. The van der Waals surface area contributed by atoms with Gasteiger partial charge in [0.15, 0.2) is 5.79 Å². The molecule has 1 aliphatic heterocycles. The first-order valence-corrected chi connectivity index (χ1v) is 5.29. The first-order chi connectivity index (χ1) is 7.23. The zero-order valence-electron chi connectivity index (χ0n) is 8.68. The summed E-state index contributed by atoms with van der Waals surface area (Å²) in [5.74, 6) is -0.770. The van der Waals surface area contributed by atoms with Crippen LogP contribution in [-0.2, 0) is 21.7 Å². The van der Waals surface area contributed by atoms with Crippen molar-refractivity contribution in [2.45, 2.75) is 25.6 Å². The highest BCUT2D eigenvalue weighted by Crippen LogP contribution is 2.45. The molecule has 2 aliphatic rings. The molecule has 0 unspecified atom stereocenters. The first-order valence-electron chi connectivity index (χ1n) is 5.29. The van der Waals surface area contributed by atoms with Crippen molar-refractivity contribution < 1.29 is 13.9 Å². The minimum absolute atomic E-state index is 0.133. The number of hydrogen-bond acceptors (Lipinski definition) is 2. The second-order valence-corrected chi connectivity index (χ2v) is 4.17. The second-order valence-electron chi connectivity index (χ2n) is 4.17. The third kappa shape index (κ3) is 1.17. The maximum atomic E-state index is 13.6. The first kappa shape index (κ1) is 9.31. The van der Waals surface area contributed by atoms with Gasteiger partial charge in [-0.2, -0.15) is 0 Å². The number of aryl methyl sites for hydroxylation is 1. The Morgan fingerprint density at radius 2 is 2.00 bits per heavy atom. The van der Waals surface area contributed by atoms with Crippen LogP contribution in [0.25, 0.3) is 0 Å². The van der Waals surface area contributed by atoms with Crippen molar-refractivity contribution in [1.29, 1.82) is 0 Å². The highest BCUT2D eigenvalue weighted by atomic mass is 19.1. The Morgan fingerprint density at radius 1 is 1.27 bits per heavy atom. The Bertz CT molecular complexity index is 408. The third-order valence-corrected chi connectivity index (χ3v) is 3.30. The van der Waals surface area contributed by atoms with Crippen molar-refractivity contribution in [3.8, 4) is 0 Å². The van der Waals surface area contributed by atoms with E-state index in [1.807, 2.05) is 6.92 Å². The van der Waals surface area contributed by atoms with Crippen LogP contribution in [0.1, 0.15) is 23.1 Å². The summed E-state index contributed by atoms with van der Waals surface area (Å²) < 4.78 is 24.9. The lowest BCUT2D eigenvalue weighted by Gasteiger charge is -2.24. The van der Waals surface area contributed by atoms with E-state index in [0.29, 0.717) is 19.6 Å².